The van der Waals surface area contributed by atoms with Gasteiger partial charge in [0, 0.05) is 11.1 Å². The number of hydrogen-bond acceptors (Lipinski definition) is 4. The maximum atomic E-state index is 13.2. The van der Waals surface area contributed by atoms with Crippen LogP contribution in [0.4, 0.5) is 5.69 Å². The fraction of sp³-hybridized carbons (Fsp3) is 0.0357. The molecule has 1 amide bonds. The largest absolute Gasteiger partial charge is 0.495 e. The summed E-state index contributed by atoms with van der Waals surface area (Å²) in [7, 11) is 1.56. The molecule has 0 saturated heterocycles. The van der Waals surface area contributed by atoms with Gasteiger partial charge in [-0.2, -0.15) is 0 Å². The minimum Gasteiger partial charge on any atom is -0.495 e. The molecular formula is C28H19BrN4O2. The Morgan fingerprint density at radius 2 is 1.54 bits per heavy atom. The fourth-order valence-corrected chi connectivity index (χ4v) is 5.07. The number of carbonyl (C=O) groups is 1. The molecule has 6 rings (SSSR count). The molecule has 1 heterocycles. The Hall–Kier alpha value is -4.23. The van der Waals surface area contributed by atoms with E-state index in [1.165, 1.54) is 0 Å². The molecule has 1 aromatic heterocycles. The third-order valence-electron chi connectivity index (χ3n) is 6.01. The monoisotopic (exact) mass is 522 g/mol. The standard InChI is InChI=1S/C28H19BrN4O2/c1-35-27-22(15-18-8-3-5-11-21(18)26(27)29)28(34)30-19-13-14-23-24(16-19)32-33(31-23)25-12-6-9-17-7-2-4-10-20(17)25/h2-16H,1H3,(H,30,34). The number of benzene rings is 5. The summed E-state index contributed by atoms with van der Waals surface area (Å²) >= 11 is 3.60. The molecule has 170 valence electrons. The fourth-order valence-electron chi connectivity index (χ4n) is 4.33. The van der Waals surface area contributed by atoms with E-state index in [1.54, 1.807) is 11.9 Å². The van der Waals surface area contributed by atoms with Gasteiger partial charge in [0.2, 0.25) is 0 Å². The highest BCUT2D eigenvalue weighted by molar-refractivity contribution is 9.10. The molecule has 0 unspecified atom stereocenters. The molecule has 35 heavy (non-hydrogen) atoms. The lowest BCUT2D eigenvalue weighted by atomic mass is 10.1. The van der Waals surface area contributed by atoms with E-state index in [9.17, 15) is 4.79 Å². The van der Waals surface area contributed by atoms with Crippen molar-refractivity contribution >= 4 is 60.1 Å². The number of rotatable bonds is 4. The third-order valence-corrected chi connectivity index (χ3v) is 6.80. The van der Waals surface area contributed by atoms with E-state index in [4.69, 9.17) is 4.74 Å². The van der Waals surface area contributed by atoms with Gasteiger partial charge in [-0.05, 0) is 62.4 Å². The molecule has 7 heteroatoms. The highest BCUT2D eigenvalue weighted by Crippen LogP contribution is 2.37. The Balaban J connectivity index is 1.36. The average Bonchev–Trinajstić information content (AvgIpc) is 3.31. The van der Waals surface area contributed by atoms with Crippen LogP contribution in [0.5, 0.6) is 5.75 Å². The number of carbonyl (C=O) groups excluding carboxylic acids is 1. The van der Waals surface area contributed by atoms with E-state index in [0.29, 0.717) is 22.5 Å². The van der Waals surface area contributed by atoms with Gasteiger partial charge in [0.05, 0.1) is 22.8 Å². The summed E-state index contributed by atoms with van der Waals surface area (Å²) in [5.74, 6) is 0.221. The number of amides is 1. The smallest absolute Gasteiger partial charge is 0.259 e. The SMILES string of the molecule is COc1c(C(=O)Nc2ccc3nn(-c4cccc5ccccc45)nc3c2)cc2ccccc2c1Br. The van der Waals surface area contributed by atoms with Crippen LogP contribution in [0, 0.1) is 0 Å². The number of aromatic nitrogens is 3. The van der Waals surface area contributed by atoms with Gasteiger partial charge in [-0.1, -0.05) is 60.7 Å². The normalized spacial score (nSPS) is 11.3. The van der Waals surface area contributed by atoms with E-state index in [-0.39, 0.29) is 5.91 Å². The van der Waals surface area contributed by atoms with Crippen LogP contribution < -0.4 is 10.1 Å². The van der Waals surface area contributed by atoms with Crippen molar-refractivity contribution in [2.45, 2.75) is 0 Å². The highest BCUT2D eigenvalue weighted by Gasteiger charge is 2.19. The van der Waals surface area contributed by atoms with E-state index in [0.717, 1.165) is 37.2 Å². The number of hydrogen-bond donors (Lipinski definition) is 1. The number of nitrogens with zero attached hydrogens (tertiary/aromatic N) is 3. The highest BCUT2D eigenvalue weighted by atomic mass is 79.9. The first-order chi connectivity index (χ1) is 17.1. The van der Waals surface area contributed by atoms with Crippen molar-refractivity contribution in [3.05, 3.63) is 101 Å². The van der Waals surface area contributed by atoms with E-state index in [1.807, 2.05) is 72.8 Å². The number of methoxy groups -OCH3 is 1. The minimum atomic E-state index is -0.269. The Labute approximate surface area is 209 Å². The van der Waals surface area contributed by atoms with Gasteiger partial charge >= 0.3 is 0 Å². The van der Waals surface area contributed by atoms with Crippen LogP contribution >= 0.6 is 15.9 Å². The zero-order valence-corrected chi connectivity index (χ0v) is 20.3. The number of nitrogens with one attached hydrogen (secondary N) is 1. The summed E-state index contributed by atoms with van der Waals surface area (Å²) in [5.41, 5.74) is 3.39. The Morgan fingerprint density at radius 1 is 0.829 bits per heavy atom. The van der Waals surface area contributed by atoms with Gasteiger partial charge in [-0.25, -0.2) is 0 Å². The zero-order chi connectivity index (χ0) is 23.9. The summed E-state index contributed by atoms with van der Waals surface area (Å²) in [6, 6.07) is 29.4. The molecule has 0 fully saturated rings. The molecular weight excluding hydrogens is 504 g/mol. The lowest BCUT2D eigenvalue weighted by molar-refractivity contribution is 0.102. The molecule has 0 saturated carbocycles. The van der Waals surface area contributed by atoms with Crippen LogP contribution in [-0.2, 0) is 0 Å². The molecule has 0 spiro atoms. The van der Waals surface area contributed by atoms with Gasteiger partial charge in [0.1, 0.15) is 16.8 Å². The Kier molecular flexibility index (Phi) is 5.19. The first-order valence-electron chi connectivity index (χ1n) is 11.0. The van der Waals surface area contributed by atoms with Crippen molar-refractivity contribution in [3.63, 3.8) is 0 Å². The van der Waals surface area contributed by atoms with Crippen LogP contribution in [0.1, 0.15) is 10.4 Å². The van der Waals surface area contributed by atoms with Crippen LogP contribution in [0.15, 0.2) is 95.5 Å². The van der Waals surface area contributed by atoms with Crippen LogP contribution in [0.3, 0.4) is 0 Å². The van der Waals surface area contributed by atoms with E-state index in [2.05, 4.69) is 49.6 Å². The minimum absolute atomic E-state index is 0.269. The van der Waals surface area contributed by atoms with Crippen molar-refractivity contribution in [1.29, 1.82) is 0 Å². The topological polar surface area (TPSA) is 69.0 Å². The lowest BCUT2D eigenvalue weighted by Crippen LogP contribution is -2.13. The number of anilines is 1. The van der Waals surface area contributed by atoms with Gasteiger partial charge in [0.25, 0.3) is 5.91 Å². The molecule has 1 N–H and O–H groups in total. The van der Waals surface area contributed by atoms with Gasteiger partial charge in [-0.3, -0.25) is 4.79 Å². The molecule has 0 aliphatic heterocycles. The van der Waals surface area contributed by atoms with Crippen LogP contribution in [0.25, 0.3) is 38.3 Å². The molecule has 0 aliphatic rings. The van der Waals surface area contributed by atoms with Crippen molar-refractivity contribution in [2.75, 3.05) is 12.4 Å². The molecule has 0 radical (unpaired) electrons. The van der Waals surface area contributed by atoms with Gasteiger partial charge in [-0.15, -0.1) is 15.0 Å². The van der Waals surface area contributed by atoms with Crippen molar-refractivity contribution in [1.82, 2.24) is 15.0 Å². The van der Waals surface area contributed by atoms with Crippen molar-refractivity contribution in [2.24, 2.45) is 0 Å². The Bertz CT molecular complexity index is 1750. The van der Waals surface area contributed by atoms with Crippen molar-refractivity contribution in [3.8, 4) is 11.4 Å². The molecule has 6 nitrogen and oxygen atoms in total. The van der Waals surface area contributed by atoms with Crippen LogP contribution in [-0.4, -0.2) is 28.0 Å². The molecule has 5 aromatic carbocycles. The zero-order valence-electron chi connectivity index (χ0n) is 18.7. The second-order valence-corrected chi connectivity index (χ2v) is 8.93. The molecule has 0 bridgehead atoms. The summed E-state index contributed by atoms with van der Waals surface area (Å²) in [6.07, 6.45) is 0. The third kappa shape index (κ3) is 3.70. The molecule has 0 aliphatic carbocycles. The Morgan fingerprint density at radius 3 is 2.37 bits per heavy atom. The summed E-state index contributed by atoms with van der Waals surface area (Å²) in [5, 5.41) is 16.4. The second-order valence-electron chi connectivity index (χ2n) is 8.14. The number of fused-ring (bicyclic) bond motifs is 3. The van der Waals surface area contributed by atoms with E-state index >= 15 is 0 Å². The van der Waals surface area contributed by atoms with Gasteiger partial charge < -0.3 is 10.1 Å². The van der Waals surface area contributed by atoms with Gasteiger partial charge in [0.15, 0.2) is 0 Å². The predicted octanol–water partition coefficient (Wildman–Crippen LogP) is 6.75. The average molecular weight is 523 g/mol. The summed E-state index contributed by atoms with van der Waals surface area (Å²) in [6.45, 7) is 0. The first kappa shape index (κ1) is 21.3. The maximum absolute atomic E-state index is 13.2. The molecule has 0 atom stereocenters. The van der Waals surface area contributed by atoms with Crippen LogP contribution in [0.2, 0.25) is 0 Å². The summed E-state index contributed by atoms with van der Waals surface area (Å²) < 4.78 is 6.31. The lowest BCUT2D eigenvalue weighted by Gasteiger charge is -2.13. The van der Waals surface area contributed by atoms with Crippen molar-refractivity contribution < 1.29 is 9.53 Å². The maximum Gasteiger partial charge on any atom is 0.259 e. The predicted molar refractivity (Wildman–Crippen MR) is 143 cm³/mol. The second kappa shape index (κ2) is 8.52. The first-order valence-corrected chi connectivity index (χ1v) is 11.8. The van der Waals surface area contributed by atoms with E-state index < -0.39 is 0 Å². The number of halogens is 1. The quantitative estimate of drug-likeness (QED) is 0.278. The number of ether oxygens (including phenoxy) is 1. The molecule has 6 aromatic rings. The summed E-state index contributed by atoms with van der Waals surface area (Å²) in [4.78, 5) is 14.9.